The number of fused-ring (bicyclic) bond motifs is 4. The summed E-state index contributed by atoms with van der Waals surface area (Å²) in [5.41, 5.74) is 6.63. The molecule has 2 aliphatic rings. The van der Waals surface area contributed by atoms with Crippen LogP contribution in [0.3, 0.4) is 0 Å². The molecule has 0 saturated heterocycles. The van der Waals surface area contributed by atoms with Crippen molar-refractivity contribution in [2.75, 3.05) is 38.7 Å². The van der Waals surface area contributed by atoms with Gasteiger partial charge in [-0.05, 0) is 57.3 Å². The largest absolute Gasteiger partial charge is 0.497 e. The minimum atomic E-state index is -0.322. The number of likely N-dealkylation sites (N-methyl/N-ethyl adjacent to an activating group) is 1. The lowest BCUT2D eigenvalue weighted by atomic mass is 9.93. The second kappa shape index (κ2) is 7.55. The van der Waals surface area contributed by atoms with E-state index in [1.165, 1.54) is 16.6 Å². The third-order valence-electron chi connectivity index (χ3n) is 6.80. The Morgan fingerprint density at radius 1 is 1.19 bits per heavy atom. The highest BCUT2D eigenvalue weighted by atomic mass is 16.5. The monoisotopic (exact) mass is 433 g/mol. The van der Waals surface area contributed by atoms with E-state index in [1.54, 1.807) is 7.11 Å². The number of ether oxygens (including phenoxy) is 2. The van der Waals surface area contributed by atoms with Crippen LogP contribution in [0, 0.1) is 0 Å². The first-order valence-corrected chi connectivity index (χ1v) is 11.5. The highest BCUT2D eigenvalue weighted by molar-refractivity contribution is 6.12. The van der Waals surface area contributed by atoms with Crippen LogP contribution in [-0.4, -0.2) is 49.4 Å². The summed E-state index contributed by atoms with van der Waals surface area (Å²) in [7, 11) is 3.86. The summed E-state index contributed by atoms with van der Waals surface area (Å²) in [6, 6.07) is 8.50. The first-order chi connectivity index (χ1) is 15.4. The number of benzene rings is 2. The van der Waals surface area contributed by atoms with Gasteiger partial charge in [-0.15, -0.1) is 4.68 Å². The van der Waals surface area contributed by atoms with E-state index in [0.717, 1.165) is 60.2 Å². The van der Waals surface area contributed by atoms with Gasteiger partial charge < -0.3 is 14.4 Å². The minimum absolute atomic E-state index is 0.322. The molecular weight excluding hydrogens is 400 g/mol. The predicted octanol–water partition coefficient (Wildman–Crippen LogP) is 4.74. The molecule has 2 aliphatic heterocycles. The van der Waals surface area contributed by atoms with Crippen LogP contribution in [0.5, 0.6) is 11.5 Å². The van der Waals surface area contributed by atoms with Crippen molar-refractivity contribution in [2.45, 2.75) is 39.8 Å². The van der Waals surface area contributed by atoms with Crippen LogP contribution in [0.4, 0.5) is 11.4 Å². The Morgan fingerprint density at radius 2 is 1.97 bits per heavy atom. The lowest BCUT2D eigenvalue weighted by Crippen LogP contribution is -2.42. The second-order valence-electron chi connectivity index (χ2n) is 9.18. The summed E-state index contributed by atoms with van der Waals surface area (Å²) in [4.78, 5) is 4.74. The van der Waals surface area contributed by atoms with E-state index < -0.39 is 0 Å². The van der Waals surface area contributed by atoms with Crippen molar-refractivity contribution in [3.8, 4) is 22.8 Å². The van der Waals surface area contributed by atoms with E-state index >= 15 is 0 Å². The standard InChI is InChI=1S/C26H32N4O2/c1-7-29(8-2)13-14-30-21-16-22-18(11-12-26(3,4)32-22)25-23(21)24(27-30)19-15-17(31-6)9-10-20(19)28(25)5/h9-12,15-16H,7-8,13-14H2,1-6H3/p+1. The Kier molecular flexibility index (Phi) is 4.93. The molecule has 3 aromatic rings. The van der Waals surface area contributed by atoms with Crippen LogP contribution < -0.4 is 19.1 Å². The molecule has 3 heterocycles. The van der Waals surface area contributed by atoms with Gasteiger partial charge in [-0.2, -0.15) is 5.10 Å². The molecule has 0 saturated carbocycles. The Labute approximate surface area is 190 Å². The summed E-state index contributed by atoms with van der Waals surface area (Å²) in [6.07, 6.45) is 4.37. The van der Waals surface area contributed by atoms with Crippen molar-refractivity contribution in [2.24, 2.45) is 0 Å². The molecule has 0 radical (unpaired) electrons. The summed E-state index contributed by atoms with van der Waals surface area (Å²) >= 11 is 0. The lowest BCUT2D eigenvalue weighted by molar-refractivity contribution is -0.725. The summed E-state index contributed by atoms with van der Waals surface area (Å²) in [6.45, 7) is 12.6. The van der Waals surface area contributed by atoms with Crippen LogP contribution >= 0.6 is 0 Å². The number of aromatic nitrogens is 2. The maximum atomic E-state index is 6.43. The van der Waals surface area contributed by atoms with Gasteiger partial charge >= 0.3 is 0 Å². The number of H-pyrrole nitrogens is 1. The molecule has 6 nitrogen and oxygen atoms in total. The average Bonchev–Trinajstić information content (AvgIpc) is 3.14. The third-order valence-corrected chi connectivity index (χ3v) is 6.80. The van der Waals surface area contributed by atoms with Gasteiger partial charge in [0, 0.05) is 18.2 Å². The molecule has 0 aliphatic carbocycles. The first kappa shape index (κ1) is 20.9. The minimum Gasteiger partial charge on any atom is -0.497 e. The first-order valence-electron chi connectivity index (χ1n) is 11.5. The number of anilines is 2. The van der Waals surface area contributed by atoms with Crippen molar-refractivity contribution in [1.82, 2.24) is 10.00 Å². The van der Waals surface area contributed by atoms with E-state index in [2.05, 4.69) is 84.7 Å². The van der Waals surface area contributed by atoms with Crippen LogP contribution in [0.2, 0.25) is 0 Å². The highest BCUT2D eigenvalue weighted by Crippen LogP contribution is 2.51. The fourth-order valence-electron chi connectivity index (χ4n) is 4.96. The Morgan fingerprint density at radius 3 is 2.69 bits per heavy atom. The normalized spacial score (nSPS) is 15.7. The van der Waals surface area contributed by atoms with Crippen molar-refractivity contribution < 1.29 is 14.2 Å². The molecule has 5 rings (SSSR count). The number of hydrogen-bond donors (Lipinski definition) is 1. The van der Waals surface area contributed by atoms with Crippen molar-refractivity contribution >= 4 is 28.4 Å². The molecule has 0 bridgehead atoms. The molecule has 168 valence electrons. The third kappa shape index (κ3) is 3.16. The van der Waals surface area contributed by atoms with Crippen molar-refractivity contribution in [3.63, 3.8) is 0 Å². The highest BCUT2D eigenvalue weighted by Gasteiger charge is 2.36. The van der Waals surface area contributed by atoms with Crippen molar-refractivity contribution in [3.05, 3.63) is 35.9 Å². The van der Waals surface area contributed by atoms with Gasteiger partial charge in [-0.3, -0.25) is 4.90 Å². The van der Waals surface area contributed by atoms with E-state index in [-0.39, 0.29) is 5.60 Å². The zero-order valence-electron chi connectivity index (χ0n) is 20.0. The van der Waals surface area contributed by atoms with Gasteiger partial charge in [-0.1, -0.05) is 13.8 Å². The number of nitrogens with zero attached hydrogens (tertiary/aromatic N) is 3. The number of methoxy groups -OCH3 is 1. The summed E-state index contributed by atoms with van der Waals surface area (Å²) in [5, 5.41) is 4.97. The Balaban J connectivity index is 1.76. The van der Waals surface area contributed by atoms with Crippen LogP contribution in [0.25, 0.3) is 28.2 Å². The van der Waals surface area contributed by atoms with Gasteiger partial charge in [0.05, 0.1) is 31.1 Å². The molecule has 0 fully saturated rings. The second-order valence-corrected chi connectivity index (χ2v) is 9.18. The molecule has 1 N–H and O–H groups in total. The van der Waals surface area contributed by atoms with Gasteiger partial charge in [0.2, 0.25) is 5.52 Å². The molecule has 0 atom stereocenters. The average molecular weight is 434 g/mol. The quantitative estimate of drug-likeness (QED) is 0.571. The fraction of sp³-hybridized carbons (Fsp3) is 0.423. The van der Waals surface area contributed by atoms with Crippen LogP contribution in [0.15, 0.2) is 30.3 Å². The zero-order valence-corrected chi connectivity index (χ0v) is 20.0. The SMILES string of the molecule is CCN(CC)CC[n+]1[nH]c2c3c(c4c(cc31)OC(C)(C)C=C4)N(C)c1ccc(OC)cc1-2. The van der Waals surface area contributed by atoms with Gasteiger partial charge in [0.25, 0.3) is 0 Å². The lowest BCUT2D eigenvalue weighted by Gasteiger charge is -2.33. The smallest absolute Gasteiger partial charge is 0.244 e. The Bertz CT molecular complexity index is 1220. The number of rotatable bonds is 6. The van der Waals surface area contributed by atoms with Crippen molar-refractivity contribution in [1.29, 1.82) is 0 Å². The summed E-state index contributed by atoms with van der Waals surface area (Å²) < 4.78 is 14.3. The number of aromatic amines is 1. The number of nitrogens with one attached hydrogen (secondary N) is 1. The van der Waals surface area contributed by atoms with E-state index in [1.807, 2.05) is 6.07 Å². The molecule has 0 spiro atoms. The topological polar surface area (TPSA) is 44.6 Å². The van der Waals surface area contributed by atoms with Crippen LogP contribution in [0.1, 0.15) is 33.3 Å². The van der Waals surface area contributed by atoms with Gasteiger partial charge in [0.15, 0.2) is 6.54 Å². The number of hydrogen-bond acceptors (Lipinski definition) is 4. The summed E-state index contributed by atoms with van der Waals surface area (Å²) in [5.74, 6) is 1.80. The Hall–Kier alpha value is -2.99. The maximum absolute atomic E-state index is 6.43. The molecule has 0 amide bonds. The molecule has 6 heteroatoms. The fourth-order valence-corrected chi connectivity index (χ4v) is 4.96. The van der Waals surface area contributed by atoms with E-state index in [9.17, 15) is 0 Å². The molecule has 2 aromatic carbocycles. The van der Waals surface area contributed by atoms with Gasteiger partial charge in [0.1, 0.15) is 28.2 Å². The van der Waals surface area contributed by atoms with E-state index in [0.29, 0.717) is 0 Å². The molecule has 32 heavy (non-hydrogen) atoms. The predicted molar refractivity (Wildman–Crippen MR) is 130 cm³/mol. The van der Waals surface area contributed by atoms with Crippen LogP contribution in [-0.2, 0) is 6.54 Å². The zero-order chi connectivity index (χ0) is 22.6. The molecule has 0 unspecified atom stereocenters. The van der Waals surface area contributed by atoms with E-state index in [4.69, 9.17) is 9.47 Å². The molecular formula is C26H33N4O2+. The van der Waals surface area contributed by atoms with Gasteiger partial charge in [-0.25, -0.2) is 0 Å². The maximum Gasteiger partial charge on any atom is 0.244 e. The molecule has 1 aromatic heterocycles.